The Bertz CT molecular complexity index is 992. The molecule has 0 radical (unpaired) electrons. The van der Waals surface area contributed by atoms with Crippen molar-refractivity contribution in [3.8, 4) is 0 Å². The van der Waals surface area contributed by atoms with Crippen molar-refractivity contribution in [1.29, 1.82) is 0 Å². The maximum Gasteiger partial charge on any atom is 0.269 e. The maximum absolute atomic E-state index is 12.1. The largest absolute Gasteiger partial charge is 0.325 e. The molecule has 0 saturated carbocycles. The lowest BCUT2D eigenvalue weighted by atomic mass is 10.2. The number of amides is 2. The summed E-state index contributed by atoms with van der Waals surface area (Å²) >= 11 is 2.34. The van der Waals surface area contributed by atoms with Gasteiger partial charge in [0.05, 0.1) is 10.7 Å². The van der Waals surface area contributed by atoms with E-state index >= 15 is 0 Å². The third kappa shape index (κ3) is 5.34. The van der Waals surface area contributed by atoms with Crippen molar-refractivity contribution in [2.75, 3.05) is 16.4 Å². The molecule has 142 valence electrons. The van der Waals surface area contributed by atoms with E-state index in [0.717, 1.165) is 11.3 Å². The van der Waals surface area contributed by atoms with E-state index in [1.807, 2.05) is 6.07 Å². The molecule has 0 aliphatic rings. The number of hydrogen-bond donors (Lipinski definition) is 2. The normalized spacial score (nSPS) is 10.3. The first-order valence-corrected chi connectivity index (χ1v) is 9.68. The van der Waals surface area contributed by atoms with Crippen LogP contribution in [0.2, 0.25) is 0 Å². The number of hydrogen-bond acceptors (Lipinski definition) is 8. The molecule has 11 heteroatoms. The summed E-state index contributed by atoms with van der Waals surface area (Å²) in [6.45, 7) is 0. The van der Waals surface area contributed by atoms with Gasteiger partial charge in [0.2, 0.25) is 11.0 Å². The zero-order valence-electron chi connectivity index (χ0n) is 14.2. The SMILES string of the molecule is O=C(CSc1nnc(NC(=O)c2ccccc2)s1)Nc1ccc([N+](=O)[O-])cc1. The van der Waals surface area contributed by atoms with Gasteiger partial charge in [0.1, 0.15) is 0 Å². The van der Waals surface area contributed by atoms with Crippen LogP contribution >= 0.6 is 23.1 Å². The van der Waals surface area contributed by atoms with E-state index in [2.05, 4.69) is 20.8 Å². The van der Waals surface area contributed by atoms with Gasteiger partial charge in [0.15, 0.2) is 4.34 Å². The number of nitro benzene ring substituents is 1. The Labute approximate surface area is 167 Å². The summed E-state index contributed by atoms with van der Waals surface area (Å²) in [6, 6.07) is 14.3. The first kappa shape index (κ1) is 19.5. The van der Waals surface area contributed by atoms with Gasteiger partial charge in [-0.25, -0.2) is 0 Å². The quantitative estimate of drug-likeness (QED) is 0.262. The Morgan fingerprint density at radius 2 is 1.75 bits per heavy atom. The molecule has 0 fully saturated rings. The number of thioether (sulfide) groups is 1. The molecule has 2 aromatic carbocycles. The second kappa shape index (κ2) is 9.06. The van der Waals surface area contributed by atoms with Crippen molar-refractivity contribution in [3.63, 3.8) is 0 Å². The fourth-order valence-corrected chi connectivity index (χ4v) is 3.62. The Balaban J connectivity index is 1.49. The third-order valence-corrected chi connectivity index (χ3v) is 5.32. The summed E-state index contributed by atoms with van der Waals surface area (Å²) in [5.41, 5.74) is 0.921. The molecular formula is C17H13N5O4S2. The molecule has 1 aromatic heterocycles. The lowest BCUT2D eigenvalue weighted by Gasteiger charge is -2.03. The number of nitrogens with one attached hydrogen (secondary N) is 2. The van der Waals surface area contributed by atoms with Crippen LogP contribution in [-0.2, 0) is 4.79 Å². The van der Waals surface area contributed by atoms with Gasteiger partial charge in [-0.05, 0) is 24.3 Å². The van der Waals surface area contributed by atoms with Gasteiger partial charge >= 0.3 is 0 Å². The summed E-state index contributed by atoms with van der Waals surface area (Å²) in [5, 5.41) is 24.1. The number of carbonyl (C=O) groups is 2. The fraction of sp³-hybridized carbons (Fsp3) is 0.0588. The van der Waals surface area contributed by atoms with Crippen molar-refractivity contribution in [2.24, 2.45) is 0 Å². The number of benzene rings is 2. The lowest BCUT2D eigenvalue weighted by Crippen LogP contribution is -2.13. The zero-order chi connectivity index (χ0) is 19.9. The Morgan fingerprint density at radius 1 is 1.04 bits per heavy atom. The van der Waals surface area contributed by atoms with E-state index in [1.165, 1.54) is 36.0 Å². The van der Waals surface area contributed by atoms with Crippen molar-refractivity contribution in [3.05, 3.63) is 70.3 Å². The highest BCUT2D eigenvalue weighted by atomic mass is 32.2. The number of nitro groups is 1. The van der Waals surface area contributed by atoms with E-state index < -0.39 is 4.92 Å². The number of anilines is 2. The molecule has 3 rings (SSSR count). The van der Waals surface area contributed by atoms with Gasteiger partial charge in [0.25, 0.3) is 11.6 Å². The van der Waals surface area contributed by atoms with Crippen molar-refractivity contribution >= 4 is 51.4 Å². The summed E-state index contributed by atoms with van der Waals surface area (Å²) in [7, 11) is 0. The second-order valence-electron chi connectivity index (χ2n) is 5.33. The molecule has 0 bridgehead atoms. The summed E-state index contributed by atoms with van der Waals surface area (Å²) in [6.07, 6.45) is 0. The highest BCUT2D eigenvalue weighted by Gasteiger charge is 2.12. The van der Waals surface area contributed by atoms with Gasteiger partial charge in [-0.2, -0.15) is 0 Å². The smallest absolute Gasteiger partial charge is 0.269 e. The molecule has 9 nitrogen and oxygen atoms in total. The Morgan fingerprint density at radius 3 is 2.43 bits per heavy atom. The van der Waals surface area contributed by atoms with Crippen molar-refractivity contribution in [1.82, 2.24) is 10.2 Å². The van der Waals surface area contributed by atoms with Crippen LogP contribution in [0, 0.1) is 10.1 Å². The van der Waals surface area contributed by atoms with Crippen LogP contribution < -0.4 is 10.6 Å². The van der Waals surface area contributed by atoms with Gasteiger partial charge in [-0.1, -0.05) is 41.3 Å². The number of nitrogens with zero attached hydrogens (tertiary/aromatic N) is 3. The van der Waals surface area contributed by atoms with Crippen molar-refractivity contribution in [2.45, 2.75) is 4.34 Å². The molecule has 1 heterocycles. The van der Waals surface area contributed by atoms with Gasteiger partial charge in [-0.3, -0.25) is 25.0 Å². The summed E-state index contributed by atoms with van der Waals surface area (Å²) < 4.78 is 0.530. The number of non-ortho nitro benzene ring substituents is 1. The Kier molecular flexibility index (Phi) is 6.29. The predicted molar refractivity (Wildman–Crippen MR) is 107 cm³/mol. The first-order chi connectivity index (χ1) is 13.5. The summed E-state index contributed by atoms with van der Waals surface area (Å²) in [5.74, 6) is -0.494. The molecule has 0 saturated heterocycles. The highest BCUT2D eigenvalue weighted by Crippen LogP contribution is 2.26. The molecule has 0 aliphatic carbocycles. The standard InChI is InChI=1S/C17H13N5O4S2/c23-14(18-12-6-8-13(9-7-12)22(25)26)10-27-17-21-20-16(28-17)19-15(24)11-4-2-1-3-5-11/h1-9H,10H2,(H,18,23)(H,19,20,24). The van der Waals surface area contributed by atoms with E-state index in [0.29, 0.717) is 20.7 Å². The average Bonchev–Trinajstić information content (AvgIpc) is 3.15. The number of carbonyl (C=O) groups excluding carboxylic acids is 2. The van der Waals surface area contributed by atoms with Gasteiger partial charge in [0, 0.05) is 23.4 Å². The van der Waals surface area contributed by atoms with Crippen LogP contribution in [0.25, 0.3) is 0 Å². The lowest BCUT2D eigenvalue weighted by molar-refractivity contribution is -0.384. The molecular weight excluding hydrogens is 402 g/mol. The van der Waals surface area contributed by atoms with Crippen LogP contribution in [0.15, 0.2) is 58.9 Å². The first-order valence-electron chi connectivity index (χ1n) is 7.88. The molecule has 0 atom stereocenters. The molecule has 0 unspecified atom stereocenters. The third-order valence-electron chi connectivity index (χ3n) is 3.35. The molecule has 2 N–H and O–H groups in total. The molecule has 3 aromatic rings. The average molecular weight is 415 g/mol. The minimum absolute atomic E-state index is 0.0497. The molecule has 0 spiro atoms. The molecule has 2 amide bonds. The number of aromatic nitrogens is 2. The molecule has 28 heavy (non-hydrogen) atoms. The number of rotatable bonds is 7. The minimum atomic E-state index is -0.509. The monoisotopic (exact) mass is 415 g/mol. The minimum Gasteiger partial charge on any atom is -0.325 e. The van der Waals surface area contributed by atoms with E-state index in [-0.39, 0.29) is 23.3 Å². The van der Waals surface area contributed by atoms with Gasteiger partial charge in [-0.15, -0.1) is 10.2 Å². The molecule has 0 aliphatic heterocycles. The second-order valence-corrected chi connectivity index (χ2v) is 7.53. The maximum atomic E-state index is 12.1. The summed E-state index contributed by atoms with van der Waals surface area (Å²) in [4.78, 5) is 34.2. The fourth-order valence-electron chi connectivity index (χ4n) is 2.07. The predicted octanol–water partition coefficient (Wildman–Crippen LogP) is 3.43. The zero-order valence-corrected chi connectivity index (χ0v) is 15.8. The highest BCUT2D eigenvalue weighted by molar-refractivity contribution is 8.01. The van der Waals surface area contributed by atoms with Crippen LogP contribution in [0.3, 0.4) is 0 Å². The van der Waals surface area contributed by atoms with E-state index in [9.17, 15) is 19.7 Å². The van der Waals surface area contributed by atoms with Crippen LogP contribution in [0.5, 0.6) is 0 Å². The topological polar surface area (TPSA) is 127 Å². The van der Waals surface area contributed by atoms with Crippen LogP contribution in [0.1, 0.15) is 10.4 Å². The Hall–Kier alpha value is -3.31. The van der Waals surface area contributed by atoms with Crippen molar-refractivity contribution < 1.29 is 14.5 Å². The van der Waals surface area contributed by atoms with E-state index in [4.69, 9.17) is 0 Å². The van der Waals surface area contributed by atoms with Gasteiger partial charge < -0.3 is 5.32 Å². The van der Waals surface area contributed by atoms with Crippen LogP contribution in [-0.4, -0.2) is 32.7 Å². The van der Waals surface area contributed by atoms with E-state index in [1.54, 1.807) is 24.3 Å². The van der Waals surface area contributed by atoms with Crippen LogP contribution in [0.4, 0.5) is 16.5 Å².